The van der Waals surface area contributed by atoms with Crippen LogP contribution < -0.4 is 4.72 Å². The van der Waals surface area contributed by atoms with Gasteiger partial charge in [-0.3, -0.25) is 4.79 Å². The number of carboxylic acids is 1. The van der Waals surface area contributed by atoms with Crippen LogP contribution in [0, 0.1) is 6.92 Å². The molecule has 0 fully saturated rings. The van der Waals surface area contributed by atoms with Gasteiger partial charge in [-0.2, -0.15) is 0 Å². The number of hydrogen-bond donors (Lipinski definition) is 2. The molecule has 1 aromatic rings. The van der Waals surface area contributed by atoms with E-state index in [0.717, 1.165) is 5.56 Å². The van der Waals surface area contributed by atoms with Crippen LogP contribution in [0.1, 0.15) is 5.56 Å². The molecule has 0 heterocycles. The summed E-state index contributed by atoms with van der Waals surface area (Å²) in [6, 6.07) is 5.88. The summed E-state index contributed by atoms with van der Waals surface area (Å²) in [6.07, 6.45) is 1.19. The second kappa shape index (κ2) is 5.46. The van der Waals surface area contributed by atoms with Crippen LogP contribution in [0.2, 0.25) is 0 Å². The molecule has 1 amide bonds. The molecule has 0 spiro atoms. The SMILES string of the molecule is Cc1ccc(S(=O)(=O)NC(=O)/C=C\C(=O)O)cc1. The number of carbonyl (C=O) groups is 2. The molecule has 0 atom stereocenters. The molecule has 96 valence electrons. The Morgan fingerprint density at radius 1 is 1.17 bits per heavy atom. The number of amides is 1. The monoisotopic (exact) mass is 269 g/mol. The molecule has 1 aromatic carbocycles. The minimum atomic E-state index is -3.97. The molecule has 0 saturated heterocycles. The third-order valence-electron chi connectivity index (χ3n) is 1.94. The number of benzene rings is 1. The van der Waals surface area contributed by atoms with Crippen molar-refractivity contribution in [3.8, 4) is 0 Å². The predicted octanol–water partition coefficient (Wildman–Crippen LogP) is 0.441. The number of aliphatic carboxylic acids is 1. The van der Waals surface area contributed by atoms with Gasteiger partial charge < -0.3 is 5.11 Å². The lowest BCUT2D eigenvalue weighted by molar-refractivity contribution is -0.131. The lowest BCUT2D eigenvalue weighted by atomic mass is 10.2. The Kier molecular flexibility index (Phi) is 4.22. The number of rotatable bonds is 4. The van der Waals surface area contributed by atoms with Crippen molar-refractivity contribution >= 4 is 21.9 Å². The fourth-order valence-electron chi connectivity index (χ4n) is 1.09. The van der Waals surface area contributed by atoms with Crippen LogP contribution in [0.25, 0.3) is 0 Å². The van der Waals surface area contributed by atoms with Gasteiger partial charge >= 0.3 is 5.97 Å². The summed E-state index contributed by atoms with van der Waals surface area (Å²) in [4.78, 5) is 21.3. The summed E-state index contributed by atoms with van der Waals surface area (Å²) < 4.78 is 25.1. The van der Waals surface area contributed by atoms with Crippen LogP contribution in [-0.2, 0) is 19.6 Å². The summed E-state index contributed by atoms with van der Waals surface area (Å²) in [7, 11) is -3.97. The topological polar surface area (TPSA) is 101 Å². The van der Waals surface area contributed by atoms with Gasteiger partial charge in [0.2, 0.25) is 0 Å². The first-order valence-corrected chi connectivity index (χ1v) is 6.34. The number of carboxylic acid groups (broad SMARTS) is 1. The number of carbonyl (C=O) groups excluding carboxylic acids is 1. The molecule has 0 bridgehead atoms. The molecule has 18 heavy (non-hydrogen) atoms. The van der Waals surface area contributed by atoms with E-state index in [4.69, 9.17) is 5.11 Å². The summed E-state index contributed by atoms with van der Waals surface area (Å²) in [5.74, 6) is -2.35. The summed E-state index contributed by atoms with van der Waals surface area (Å²) >= 11 is 0. The molecule has 0 aliphatic carbocycles. The van der Waals surface area contributed by atoms with Gasteiger partial charge in [0.05, 0.1) is 4.90 Å². The highest BCUT2D eigenvalue weighted by molar-refractivity contribution is 7.90. The number of aryl methyl sites for hydroxylation is 1. The summed E-state index contributed by atoms with van der Waals surface area (Å²) in [6.45, 7) is 1.80. The van der Waals surface area contributed by atoms with Gasteiger partial charge in [0, 0.05) is 12.2 Å². The minimum absolute atomic E-state index is 0.0647. The van der Waals surface area contributed by atoms with Gasteiger partial charge in [0.1, 0.15) is 0 Å². The van der Waals surface area contributed by atoms with Crippen molar-refractivity contribution in [1.29, 1.82) is 0 Å². The second-order valence-corrected chi connectivity index (χ2v) is 5.14. The maximum atomic E-state index is 11.7. The number of sulfonamides is 1. The van der Waals surface area contributed by atoms with E-state index >= 15 is 0 Å². The summed E-state index contributed by atoms with van der Waals surface area (Å²) in [5.41, 5.74) is 0.881. The van der Waals surface area contributed by atoms with Crippen molar-refractivity contribution in [3.05, 3.63) is 42.0 Å². The Labute approximate surface area is 104 Å². The third-order valence-corrected chi connectivity index (χ3v) is 3.31. The molecule has 0 unspecified atom stereocenters. The molecule has 0 saturated carbocycles. The Morgan fingerprint density at radius 3 is 2.22 bits per heavy atom. The fraction of sp³-hybridized carbons (Fsp3) is 0.0909. The van der Waals surface area contributed by atoms with E-state index in [1.54, 1.807) is 23.8 Å². The molecule has 6 nitrogen and oxygen atoms in total. The van der Waals surface area contributed by atoms with E-state index < -0.39 is 21.9 Å². The first kappa shape index (κ1) is 13.9. The maximum Gasteiger partial charge on any atom is 0.328 e. The standard InChI is InChI=1S/C11H11NO5S/c1-8-2-4-9(5-3-8)18(16,17)12-10(13)6-7-11(14)15/h2-7H,1H3,(H,12,13)(H,14,15)/b7-6-. The van der Waals surface area contributed by atoms with Crippen LogP contribution in [-0.4, -0.2) is 25.4 Å². The third kappa shape index (κ3) is 4.02. The van der Waals surface area contributed by atoms with E-state index in [1.165, 1.54) is 12.1 Å². The molecule has 1 rings (SSSR count). The Balaban J connectivity index is 2.86. The minimum Gasteiger partial charge on any atom is -0.478 e. The fourth-order valence-corrected chi connectivity index (χ4v) is 2.03. The lowest BCUT2D eigenvalue weighted by Crippen LogP contribution is -2.29. The molecular weight excluding hydrogens is 258 g/mol. The largest absolute Gasteiger partial charge is 0.478 e. The highest BCUT2D eigenvalue weighted by atomic mass is 32.2. The first-order chi connectivity index (χ1) is 8.31. The van der Waals surface area contributed by atoms with Crippen molar-refractivity contribution < 1.29 is 23.1 Å². The van der Waals surface area contributed by atoms with Crippen molar-refractivity contribution in [3.63, 3.8) is 0 Å². The zero-order valence-electron chi connectivity index (χ0n) is 9.45. The smallest absolute Gasteiger partial charge is 0.328 e. The maximum absolute atomic E-state index is 11.7. The van der Waals surface area contributed by atoms with Crippen molar-refractivity contribution in [1.82, 2.24) is 4.72 Å². The first-order valence-electron chi connectivity index (χ1n) is 4.86. The van der Waals surface area contributed by atoms with Crippen molar-refractivity contribution in [2.24, 2.45) is 0 Å². The molecule has 0 aliphatic rings. The van der Waals surface area contributed by atoms with Gasteiger partial charge in [-0.05, 0) is 19.1 Å². The van der Waals surface area contributed by atoms with E-state index in [9.17, 15) is 18.0 Å². The second-order valence-electron chi connectivity index (χ2n) is 3.45. The van der Waals surface area contributed by atoms with E-state index in [1.807, 2.05) is 0 Å². The Morgan fingerprint density at radius 2 is 1.72 bits per heavy atom. The molecule has 0 radical (unpaired) electrons. The molecule has 7 heteroatoms. The normalized spacial score (nSPS) is 11.4. The van der Waals surface area contributed by atoms with Gasteiger partial charge in [-0.15, -0.1) is 0 Å². The Hall–Kier alpha value is -2.15. The predicted molar refractivity (Wildman–Crippen MR) is 63.3 cm³/mol. The summed E-state index contributed by atoms with van der Waals surface area (Å²) in [5, 5.41) is 8.29. The number of hydrogen-bond acceptors (Lipinski definition) is 4. The highest BCUT2D eigenvalue weighted by Gasteiger charge is 2.15. The Bertz CT molecular complexity index is 586. The number of nitrogens with one attached hydrogen (secondary N) is 1. The molecular formula is C11H11NO5S. The van der Waals surface area contributed by atoms with Gasteiger partial charge in [0.25, 0.3) is 15.9 Å². The lowest BCUT2D eigenvalue weighted by Gasteiger charge is -2.04. The van der Waals surface area contributed by atoms with Crippen LogP contribution in [0.4, 0.5) is 0 Å². The van der Waals surface area contributed by atoms with Crippen LogP contribution >= 0.6 is 0 Å². The van der Waals surface area contributed by atoms with E-state index in [0.29, 0.717) is 12.2 Å². The quantitative estimate of drug-likeness (QED) is 0.772. The van der Waals surface area contributed by atoms with Crippen molar-refractivity contribution in [2.45, 2.75) is 11.8 Å². The molecule has 0 aliphatic heterocycles. The highest BCUT2D eigenvalue weighted by Crippen LogP contribution is 2.09. The van der Waals surface area contributed by atoms with Crippen LogP contribution in [0.3, 0.4) is 0 Å². The van der Waals surface area contributed by atoms with Crippen molar-refractivity contribution in [2.75, 3.05) is 0 Å². The zero-order chi connectivity index (χ0) is 13.8. The average molecular weight is 269 g/mol. The molecule has 2 N–H and O–H groups in total. The van der Waals surface area contributed by atoms with E-state index in [2.05, 4.69) is 0 Å². The molecule has 0 aromatic heterocycles. The van der Waals surface area contributed by atoms with Crippen LogP contribution in [0.5, 0.6) is 0 Å². The van der Waals surface area contributed by atoms with Gasteiger partial charge in [-0.1, -0.05) is 17.7 Å². The zero-order valence-corrected chi connectivity index (χ0v) is 10.3. The van der Waals surface area contributed by atoms with Crippen LogP contribution in [0.15, 0.2) is 41.3 Å². The average Bonchev–Trinajstić information content (AvgIpc) is 2.26. The van der Waals surface area contributed by atoms with Gasteiger partial charge in [-0.25, -0.2) is 17.9 Å². The van der Waals surface area contributed by atoms with E-state index in [-0.39, 0.29) is 4.90 Å². The van der Waals surface area contributed by atoms with Gasteiger partial charge in [0.15, 0.2) is 0 Å².